The van der Waals surface area contributed by atoms with Gasteiger partial charge in [-0.15, -0.1) is 0 Å². The number of hydrogen-bond acceptors (Lipinski definition) is 4. The molecular weight excluding hydrogens is 480 g/mol. The zero-order valence-electron chi connectivity index (χ0n) is 19.8. The van der Waals surface area contributed by atoms with E-state index in [2.05, 4.69) is 29.8 Å². The van der Waals surface area contributed by atoms with Crippen molar-refractivity contribution >= 4 is 33.5 Å². The summed E-state index contributed by atoms with van der Waals surface area (Å²) in [6.07, 6.45) is 6.90. The lowest BCUT2D eigenvalue weighted by molar-refractivity contribution is -0.161. The first kappa shape index (κ1) is 23.0. The SMILES string of the molecule is CC(=O)[C@@]1(OC(=O)c2ccccc2)CC[C@H]2[C@@H]3CCC4=C(Br)C(=O)CC[C@]4(C)[C@H]3CC[C@@]21C. The van der Waals surface area contributed by atoms with Gasteiger partial charge in [0.2, 0.25) is 0 Å². The van der Waals surface area contributed by atoms with E-state index in [-0.39, 0.29) is 22.4 Å². The first-order chi connectivity index (χ1) is 15.6. The molecule has 3 fully saturated rings. The van der Waals surface area contributed by atoms with Gasteiger partial charge >= 0.3 is 5.97 Å². The Bertz CT molecular complexity index is 1050. The van der Waals surface area contributed by atoms with Crippen LogP contribution in [0.25, 0.3) is 0 Å². The first-order valence-electron chi connectivity index (χ1n) is 12.4. The van der Waals surface area contributed by atoms with E-state index in [1.165, 1.54) is 5.57 Å². The third-order valence-electron chi connectivity index (χ3n) is 10.0. The molecule has 5 heteroatoms. The monoisotopic (exact) mass is 512 g/mol. The Morgan fingerprint density at radius 3 is 2.36 bits per heavy atom. The van der Waals surface area contributed by atoms with Crippen LogP contribution in [0.15, 0.2) is 40.4 Å². The quantitative estimate of drug-likeness (QED) is 0.438. The fraction of sp³-hybridized carbons (Fsp3) is 0.607. The highest BCUT2D eigenvalue weighted by molar-refractivity contribution is 9.12. The van der Waals surface area contributed by atoms with Crippen LogP contribution in [-0.2, 0) is 14.3 Å². The van der Waals surface area contributed by atoms with Gasteiger partial charge in [-0.05, 0) is 109 Å². The van der Waals surface area contributed by atoms with Gasteiger partial charge in [0.05, 0.1) is 10.0 Å². The fourth-order valence-corrected chi connectivity index (χ4v) is 9.11. The molecule has 4 nitrogen and oxygen atoms in total. The Labute approximate surface area is 204 Å². The van der Waals surface area contributed by atoms with Crippen LogP contribution in [-0.4, -0.2) is 23.1 Å². The molecule has 0 saturated heterocycles. The Balaban J connectivity index is 1.48. The molecule has 0 N–H and O–H groups in total. The molecule has 0 bridgehead atoms. The minimum Gasteiger partial charge on any atom is -0.447 e. The average molecular weight is 513 g/mol. The van der Waals surface area contributed by atoms with Crippen LogP contribution in [0.3, 0.4) is 0 Å². The van der Waals surface area contributed by atoms with E-state index in [1.54, 1.807) is 19.1 Å². The van der Waals surface area contributed by atoms with Crippen LogP contribution in [0.5, 0.6) is 0 Å². The number of carbonyl (C=O) groups is 3. The Morgan fingerprint density at radius 1 is 0.970 bits per heavy atom. The highest BCUT2D eigenvalue weighted by atomic mass is 79.9. The highest BCUT2D eigenvalue weighted by Crippen LogP contribution is 2.69. The summed E-state index contributed by atoms with van der Waals surface area (Å²) in [5.74, 6) is 1.16. The summed E-state index contributed by atoms with van der Waals surface area (Å²) in [6, 6.07) is 9.01. The third kappa shape index (κ3) is 3.17. The first-order valence-corrected chi connectivity index (χ1v) is 13.1. The molecule has 0 heterocycles. The van der Waals surface area contributed by atoms with Crippen molar-refractivity contribution in [3.63, 3.8) is 0 Å². The molecule has 0 aliphatic heterocycles. The normalized spacial score (nSPS) is 40.0. The Kier molecular flexibility index (Phi) is 5.51. The summed E-state index contributed by atoms with van der Waals surface area (Å²) in [4.78, 5) is 38.7. The van der Waals surface area contributed by atoms with E-state index < -0.39 is 11.6 Å². The minimum absolute atomic E-state index is 0.0242. The maximum atomic E-state index is 13.2. The van der Waals surface area contributed by atoms with Crippen molar-refractivity contribution in [2.45, 2.75) is 77.7 Å². The fourth-order valence-electron chi connectivity index (χ4n) is 8.26. The van der Waals surface area contributed by atoms with Gasteiger partial charge in [0.15, 0.2) is 17.2 Å². The maximum Gasteiger partial charge on any atom is 0.339 e. The predicted octanol–water partition coefficient (Wildman–Crippen LogP) is 6.43. The summed E-state index contributed by atoms with van der Waals surface area (Å²) < 4.78 is 7.04. The molecule has 3 saturated carbocycles. The summed E-state index contributed by atoms with van der Waals surface area (Å²) in [5, 5.41) is 0. The summed E-state index contributed by atoms with van der Waals surface area (Å²) in [7, 11) is 0. The van der Waals surface area contributed by atoms with Crippen LogP contribution in [0.2, 0.25) is 0 Å². The number of fused-ring (bicyclic) bond motifs is 5. The van der Waals surface area contributed by atoms with Crippen LogP contribution in [0.4, 0.5) is 0 Å². The molecule has 176 valence electrons. The van der Waals surface area contributed by atoms with Crippen molar-refractivity contribution in [3.05, 3.63) is 46.0 Å². The zero-order valence-corrected chi connectivity index (χ0v) is 21.4. The van der Waals surface area contributed by atoms with Crippen LogP contribution in [0, 0.1) is 28.6 Å². The highest BCUT2D eigenvalue weighted by Gasteiger charge is 2.68. The molecule has 4 aliphatic rings. The lowest BCUT2D eigenvalue weighted by Gasteiger charge is -2.59. The number of ether oxygens (including phenoxy) is 1. The number of hydrogen-bond donors (Lipinski definition) is 0. The summed E-state index contributed by atoms with van der Waals surface area (Å²) in [5.41, 5.74) is 0.434. The van der Waals surface area contributed by atoms with Crippen molar-refractivity contribution in [2.75, 3.05) is 0 Å². The molecule has 0 radical (unpaired) electrons. The third-order valence-corrected chi connectivity index (χ3v) is 10.9. The van der Waals surface area contributed by atoms with E-state index in [9.17, 15) is 14.4 Å². The summed E-state index contributed by atoms with van der Waals surface area (Å²) >= 11 is 3.63. The van der Waals surface area contributed by atoms with Crippen molar-refractivity contribution < 1.29 is 19.1 Å². The van der Waals surface area contributed by atoms with Gasteiger partial charge in [-0.2, -0.15) is 0 Å². The molecule has 0 unspecified atom stereocenters. The molecule has 1 aromatic carbocycles. The standard InChI is InChI=1S/C28H33BrO4/c1-17(30)28(33-25(32)18-7-5-4-6-8-18)16-12-21-19-9-10-22-24(29)23(31)13-14-26(22,2)20(19)11-15-27(21,28)3/h4-8,19-21H,9-16H2,1-3H3/t19-,20+,21+,26-,27+,28+/m1/s1. The second-order valence-electron chi connectivity index (χ2n) is 11.2. The molecule has 33 heavy (non-hydrogen) atoms. The molecule has 4 aliphatic carbocycles. The largest absolute Gasteiger partial charge is 0.447 e. The van der Waals surface area contributed by atoms with Crippen LogP contribution < -0.4 is 0 Å². The van der Waals surface area contributed by atoms with Crippen LogP contribution in [0.1, 0.15) is 82.5 Å². The van der Waals surface area contributed by atoms with Gasteiger partial charge in [0, 0.05) is 11.8 Å². The van der Waals surface area contributed by atoms with Gasteiger partial charge in [0.1, 0.15) is 0 Å². The van der Waals surface area contributed by atoms with E-state index in [0.717, 1.165) is 43.0 Å². The predicted molar refractivity (Wildman–Crippen MR) is 130 cm³/mol. The lowest BCUT2D eigenvalue weighted by Crippen LogP contribution is -2.58. The van der Waals surface area contributed by atoms with Gasteiger partial charge < -0.3 is 4.74 Å². The molecule has 6 atom stereocenters. The van der Waals surface area contributed by atoms with E-state index in [0.29, 0.717) is 36.2 Å². The molecular formula is C28H33BrO4. The lowest BCUT2D eigenvalue weighted by atomic mass is 9.46. The second-order valence-corrected chi connectivity index (χ2v) is 12.0. The van der Waals surface area contributed by atoms with Gasteiger partial charge in [-0.3, -0.25) is 9.59 Å². The number of halogens is 1. The molecule has 0 spiro atoms. The molecule has 0 aromatic heterocycles. The summed E-state index contributed by atoms with van der Waals surface area (Å²) in [6.45, 7) is 6.16. The van der Waals surface area contributed by atoms with Crippen LogP contribution >= 0.6 is 15.9 Å². The molecule has 5 rings (SSSR count). The van der Waals surface area contributed by atoms with Crippen molar-refractivity contribution in [1.29, 1.82) is 0 Å². The van der Waals surface area contributed by atoms with E-state index in [4.69, 9.17) is 4.74 Å². The number of Topliss-reactive ketones (excluding diaryl/α,β-unsaturated/α-hetero) is 2. The number of benzene rings is 1. The van der Waals surface area contributed by atoms with Crippen molar-refractivity contribution in [3.8, 4) is 0 Å². The van der Waals surface area contributed by atoms with Gasteiger partial charge in [-0.1, -0.05) is 32.0 Å². The molecule has 1 aromatic rings. The smallest absolute Gasteiger partial charge is 0.339 e. The number of rotatable bonds is 3. The maximum absolute atomic E-state index is 13.2. The minimum atomic E-state index is -1.06. The van der Waals surface area contributed by atoms with Gasteiger partial charge in [-0.25, -0.2) is 4.79 Å². The van der Waals surface area contributed by atoms with E-state index >= 15 is 0 Å². The van der Waals surface area contributed by atoms with E-state index in [1.807, 2.05) is 18.2 Å². The number of allylic oxidation sites excluding steroid dienone is 1. The zero-order chi connectivity index (χ0) is 23.6. The van der Waals surface area contributed by atoms with Crippen molar-refractivity contribution in [1.82, 2.24) is 0 Å². The number of ketones is 2. The Morgan fingerprint density at radius 2 is 1.67 bits per heavy atom. The Hall–Kier alpha value is -1.75. The second kappa shape index (κ2) is 7.90. The topological polar surface area (TPSA) is 60.4 Å². The molecule has 0 amide bonds. The van der Waals surface area contributed by atoms with Gasteiger partial charge in [0.25, 0.3) is 0 Å². The number of esters is 1. The average Bonchev–Trinajstić information content (AvgIpc) is 3.10. The number of carbonyl (C=O) groups excluding carboxylic acids is 3. The van der Waals surface area contributed by atoms with Crippen molar-refractivity contribution in [2.24, 2.45) is 28.6 Å².